The Morgan fingerprint density at radius 2 is 1.75 bits per heavy atom. The van der Waals surface area contributed by atoms with Crippen molar-refractivity contribution in [2.75, 3.05) is 11.9 Å². The lowest BCUT2D eigenvalue weighted by Gasteiger charge is -2.10. The number of benzene rings is 3. The van der Waals surface area contributed by atoms with Gasteiger partial charge in [0.15, 0.2) is 6.61 Å². The molecule has 0 aliphatic rings. The second-order valence-corrected chi connectivity index (χ2v) is 6.63. The molecule has 28 heavy (non-hydrogen) atoms. The van der Waals surface area contributed by atoms with E-state index in [1.54, 1.807) is 16.9 Å². The maximum absolute atomic E-state index is 12.2. The molecule has 1 amide bonds. The highest BCUT2D eigenvalue weighted by Crippen LogP contribution is 2.20. The van der Waals surface area contributed by atoms with Crippen molar-refractivity contribution in [2.24, 2.45) is 0 Å². The van der Waals surface area contributed by atoms with Crippen LogP contribution in [0.15, 0.2) is 66.7 Å². The molecule has 0 spiro atoms. The molecule has 0 saturated heterocycles. The summed E-state index contributed by atoms with van der Waals surface area (Å²) < 4.78 is 5.63. The molecule has 0 aliphatic carbocycles. The van der Waals surface area contributed by atoms with Crippen molar-refractivity contribution < 1.29 is 9.53 Å². The van der Waals surface area contributed by atoms with E-state index in [1.807, 2.05) is 68.4 Å². The van der Waals surface area contributed by atoms with Gasteiger partial charge in [0.1, 0.15) is 16.8 Å². The Hall–Kier alpha value is -3.67. The lowest BCUT2D eigenvalue weighted by Crippen LogP contribution is -2.20. The standard InChI is InChI=1S/C22H20N4O2/c1-15-8-11-21(16(2)12-15)28-14-22(27)23-17-9-10-19-20(13-17)25-26(24-19)18-6-4-3-5-7-18/h3-13H,14H2,1-2H3,(H,23,27). The molecule has 0 atom stereocenters. The Balaban J connectivity index is 1.44. The second-order valence-electron chi connectivity index (χ2n) is 6.63. The largest absolute Gasteiger partial charge is 0.483 e. The first-order valence-corrected chi connectivity index (χ1v) is 9.01. The van der Waals surface area contributed by atoms with Crippen LogP contribution in [0.1, 0.15) is 11.1 Å². The first kappa shape index (κ1) is 17.7. The number of anilines is 1. The van der Waals surface area contributed by atoms with E-state index in [0.717, 1.165) is 22.3 Å². The number of fused-ring (bicyclic) bond motifs is 1. The Morgan fingerprint density at radius 1 is 0.964 bits per heavy atom. The zero-order chi connectivity index (χ0) is 19.5. The monoisotopic (exact) mass is 372 g/mol. The van der Waals surface area contributed by atoms with Gasteiger partial charge in [0.25, 0.3) is 5.91 Å². The van der Waals surface area contributed by atoms with E-state index >= 15 is 0 Å². The Labute approximate surface area is 162 Å². The van der Waals surface area contributed by atoms with Gasteiger partial charge in [-0.3, -0.25) is 4.79 Å². The van der Waals surface area contributed by atoms with Gasteiger partial charge in [-0.15, -0.1) is 10.2 Å². The third-order valence-corrected chi connectivity index (χ3v) is 4.34. The molecule has 3 aromatic carbocycles. The predicted molar refractivity (Wildman–Crippen MR) is 109 cm³/mol. The van der Waals surface area contributed by atoms with Crippen molar-refractivity contribution in [1.29, 1.82) is 0 Å². The Kier molecular flexibility index (Phi) is 4.76. The van der Waals surface area contributed by atoms with Crippen LogP contribution in [0.3, 0.4) is 0 Å². The summed E-state index contributed by atoms with van der Waals surface area (Å²) in [5, 5.41) is 11.8. The van der Waals surface area contributed by atoms with E-state index in [2.05, 4.69) is 15.5 Å². The molecule has 140 valence electrons. The van der Waals surface area contributed by atoms with E-state index in [0.29, 0.717) is 17.0 Å². The zero-order valence-corrected chi connectivity index (χ0v) is 15.7. The molecule has 0 unspecified atom stereocenters. The minimum atomic E-state index is -0.227. The molecule has 1 N–H and O–H groups in total. The molecular formula is C22H20N4O2. The van der Waals surface area contributed by atoms with Gasteiger partial charge in [0.05, 0.1) is 5.69 Å². The van der Waals surface area contributed by atoms with Crippen LogP contribution >= 0.6 is 0 Å². The Morgan fingerprint density at radius 3 is 2.54 bits per heavy atom. The molecule has 4 aromatic rings. The first-order chi connectivity index (χ1) is 13.6. The van der Waals surface area contributed by atoms with Gasteiger partial charge in [-0.05, 0) is 55.8 Å². The van der Waals surface area contributed by atoms with Crippen LogP contribution in [0.25, 0.3) is 16.7 Å². The van der Waals surface area contributed by atoms with E-state index < -0.39 is 0 Å². The molecule has 6 heteroatoms. The molecule has 0 saturated carbocycles. The van der Waals surface area contributed by atoms with Crippen LogP contribution in [0.2, 0.25) is 0 Å². The van der Waals surface area contributed by atoms with Gasteiger partial charge in [-0.25, -0.2) is 0 Å². The fraction of sp³-hybridized carbons (Fsp3) is 0.136. The molecule has 4 rings (SSSR count). The van der Waals surface area contributed by atoms with Crippen LogP contribution in [0.4, 0.5) is 5.69 Å². The quantitative estimate of drug-likeness (QED) is 0.574. The fourth-order valence-corrected chi connectivity index (χ4v) is 2.97. The average Bonchev–Trinajstić information content (AvgIpc) is 3.11. The lowest BCUT2D eigenvalue weighted by atomic mass is 10.1. The zero-order valence-electron chi connectivity index (χ0n) is 15.7. The number of rotatable bonds is 5. The number of para-hydroxylation sites is 1. The summed E-state index contributed by atoms with van der Waals surface area (Å²) >= 11 is 0. The summed E-state index contributed by atoms with van der Waals surface area (Å²) in [6.07, 6.45) is 0. The van der Waals surface area contributed by atoms with Crippen molar-refractivity contribution in [3.63, 3.8) is 0 Å². The number of carbonyl (C=O) groups is 1. The van der Waals surface area contributed by atoms with Gasteiger partial charge < -0.3 is 10.1 Å². The second kappa shape index (κ2) is 7.52. The molecule has 0 aliphatic heterocycles. The van der Waals surface area contributed by atoms with Crippen molar-refractivity contribution in [2.45, 2.75) is 13.8 Å². The normalized spacial score (nSPS) is 10.8. The summed E-state index contributed by atoms with van der Waals surface area (Å²) in [6.45, 7) is 3.93. The fourth-order valence-electron chi connectivity index (χ4n) is 2.97. The van der Waals surface area contributed by atoms with Crippen molar-refractivity contribution in [3.8, 4) is 11.4 Å². The molecule has 1 aromatic heterocycles. The molecule has 6 nitrogen and oxygen atoms in total. The van der Waals surface area contributed by atoms with E-state index in [4.69, 9.17) is 4.74 Å². The van der Waals surface area contributed by atoms with E-state index in [9.17, 15) is 4.79 Å². The summed E-state index contributed by atoms with van der Waals surface area (Å²) in [6, 6.07) is 21.0. The van der Waals surface area contributed by atoms with Crippen LogP contribution in [-0.2, 0) is 4.79 Å². The van der Waals surface area contributed by atoms with Gasteiger partial charge in [0, 0.05) is 5.69 Å². The highest BCUT2D eigenvalue weighted by molar-refractivity contribution is 5.93. The van der Waals surface area contributed by atoms with Gasteiger partial charge >= 0.3 is 0 Å². The topological polar surface area (TPSA) is 69.0 Å². The van der Waals surface area contributed by atoms with Crippen LogP contribution in [0, 0.1) is 13.8 Å². The summed E-state index contributed by atoms with van der Waals surface area (Å²) in [7, 11) is 0. The molecule has 0 radical (unpaired) electrons. The van der Waals surface area contributed by atoms with Gasteiger partial charge in [-0.1, -0.05) is 35.9 Å². The minimum Gasteiger partial charge on any atom is -0.483 e. The number of carbonyl (C=O) groups excluding carboxylic acids is 1. The molecular weight excluding hydrogens is 352 g/mol. The van der Waals surface area contributed by atoms with E-state index in [-0.39, 0.29) is 12.5 Å². The molecule has 1 heterocycles. The Bertz CT molecular complexity index is 1140. The smallest absolute Gasteiger partial charge is 0.262 e. The van der Waals surface area contributed by atoms with Crippen LogP contribution in [-0.4, -0.2) is 27.5 Å². The number of aromatic nitrogens is 3. The number of ether oxygens (including phenoxy) is 1. The summed E-state index contributed by atoms with van der Waals surface area (Å²) in [4.78, 5) is 13.8. The molecule has 0 bridgehead atoms. The average molecular weight is 372 g/mol. The number of amides is 1. The van der Waals surface area contributed by atoms with Gasteiger partial charge in [-0.2, -0.15) is 4.80 Å². The number of aryl methyl sites for hydroxylation is 2. The third-order valence-electron chi connectivity index (χ3n) is 4.34. The maximum atomic E-state index is 12.2. The highest BCUT2D eigenvalue weighted by Gasteiger charge is 2.09. The predicted octanol–water partition coefficient (Wildman–Crippen LogP) is 4.05. The number of hydrogen-bond donors (Lipinski definition) is 1. The highest BCUT2D eigenvalue weighted by atomic mass is 16.5. The van der Waals surface area contributed by atoms with Crippen molar-refractivity contribution in [3.05, 3.63) is 77.9 Å². The van der Waals surface area contributed by atoms with Crippen LogP contribution in [0.5, 0.6) is 5.75 Å². The van der Waals surface area contributed by atoms with Crippen molar-refractivity contribution in [1.82, 2.24) is 15.0 Å². The summed E-state index contributed by atoms with van der Waals surface area (Å²) in [5.41, 5.74) is 5.16. The van der Waals surface area contributed by atoms with E-state index in [1.165, 1.54) is 0 Å². The minimum absolute atomic E-state index is 0.0569. The van der Waals surface area contributed by atoms with Crippen LogP contribution < -0.4 is 10.1 Å². The number of hydrogen-bond acceptors (Lipinski definition) is 4. The third kappa shape index (κ3) is 3.86. The van der Waals surface area contributed by atoms with Crippen molar-refractivity contribution >= 4 is 22.6 Å². The summed E-state index contributed by atoms with van der Waals surface area (Å²) in [5.74, 6) is 0.483. The first-order valence-electron chi connectivity index (χ1n) is 9.01. The van der Waals surface area contributed by atoms with Gasteiger partial charge in [0.2, 0.25) is 0 Å². The molecule has 0 fully saturated rings. The maximum Gasteiger partial charge on any atom is 0.262 e. The lowest BCUT2D eigenvalue weighted by molar-refractivity contribution is -0.118. The number of nitrogens with zero attached hydrogens (tertiary/aromatic N) is 3. The SMILES string of the molecule is Cc1ccc(OCC(=O)Nc2ccc3nn(-c4ccccc4)nc3c2)c(C)c1. The number of nitrogens with one attached hydrogen (secondary N) is 1.